The van der Waals surface area contributed by atoms with Crippen molar-refractivity contribution in [3.05, 3.63) is 40.4 Å². The summed E-state index contributed by atoms with van der Waals surface area (Å²) in [5, 5.41) is 3.14. The molecule has 1 aromatic heterocycles. The number of thiazole rings is 1. The molecule has 0 spiro atoms. The van der Waals surface area contributed by atoms with Crippen molar-refractivity contribution in [1.82, 2.24) is 19.7 Å². The molecule has 2 amide bonds. The first-order chi connectivity index (χ1) is 12.4. The fourth-order valence-corrected chi connectivity index (χ4v) is 3.65. The molecule has 2 aromatic rings. The first kappa shape index (κ1) is 18.8. The molecular formula is C18H21ClN4O2S. The lowest BCUT2D eigenvalue weighted by Crippen LogP contribution is -2.50. The molecule has 0 unspecified atom stereocenters. The van der Waals surface area contributed by atoms with Gasteiger partial charge in [-0.1, -0.05) is 23.7 Å². The van der Waals surface area contributed by atoms with Crippen LogP contribution in [-0.2, 0) is 4.79 Å². The van der Waals surface area contributed by atoms with E-state index >= 15 is 0 Å². The minimum Gasteiger partial charge on any atom is -0.339 e. The van der Waals surface area contributed by atoms with Crippen molar-refractivity contribution in [2.45, 2.75) is 0 Å². The standard InChI is InChI=1S/C18H21ClN4O2S/c1-21-7-9-23(10-8-21)16(24)11-22(2)18(25)15-12-26-17(20-15)13-3-5-14(19)6-4-13/h3-6,12H,7-11H2,1-2H3. The lowest BCUT2D eigenvalue weighted by molar-refractivity contribution is -0.133. The van der Waals surface area contributed by atoms with E-state index in [1.165, 1.54) is 16.2 Å². The lowest BCUT2D eigenvalue weighted by Gasteiger charge is -2.33. The SMILES string of the molecule is CN1CCN(C(=O)CN(C)C(=O)c2csc(-c3ccc(Cl)cc3)n2)CC1. The molecule has 0 atom stereocenters. The zero-order valence-corrected chi connectivity index (χ0v) is 16.4. The Morgan fingerprint density at radius 2 is 1.85 bits per heavy atom. The number of piperazine rings is 1. The number of halogens is 1. The molecule has 1 fully saturated rings. The van der Waals surface area contributed by atoms with Crippen molar-refractivity contribution < 1.29 is 9.59 Å². The van der Waals surface area contributed by atoms with Gasteiger partial charge in [-0.3, -0.25) is 9.59 Å². The number of carbonyl (C=O) groups is 2. The highest BCUT2D eigenvalue weighted by molar-refractivity contribution is 7.13. The monoisotopic (exact) mass is 392 g/mol. The molecule has 0 saturated carbocycles. The van der Waals surface area contributed by atoms with E-state index in [0.29, 0.717) is 23.8 Å². The van der Waals surface area contributed by atoms with Crippen LogP contribution >= 0.6 is 22.9 Å². The highest BCUT2D eigenvalue weighted by Gasteiger charge is 2.23. The second-order valence-corrected chi connectivity index (χ2v) is 7.68. The fraction of sp³-hybridized carbons (Fsp3) is 0.389. The molecule has 0 N–H and O–H groups in total. The number of carbonyl (C=O) groups excluding carboxylic acids is 2. The normalized spacial score (nSPS) is 15.1. The third kappa shape index (κ3) is 4.41. The van der Waals surface area contributed by atoms with Crippen LogP contribution in [0.4, 0.5) is 0 Å². The largest absolute Gasteiger partial charge is 0.339 e. The Morgan fingerprint density at radius 1 is 1.19 bits per heavy atom. The van der Waals surface area contributed by atoms with Crippen LogP contribution in [0.15, 0.2) is 29.6 Å². The van der Waals surface area contributed by atoms with Crippen LogP contribution in [0.3, 0.4) is 0 Å². The van der Waals surface area contributed by atoms with Gasteiger partial charge in [0.1, 0.15) is 10.7 Å². The summed E-state index contributed by atoms with van der Waals surface area (Å²) in [6.07, 6.45) is 0. The third-order valence-electron chi connectivity index (χ3n) is 4.39. The Kier molecular flexibility index (Phi) is 5.90. The molecule has 1 aliphatic heterocycles. The average Bonchev–Trinajstić information content (AvgIpc) is 3.12. The van der Waals surface area contributed by atoms with Gasteiger partial charge in [-0.05, 0) is 19.2 Å². The highest BCUT2D eigenvalue weighted by Crippen LogP contribution is 2.25. The number of hydrogen-bond acceptors (Lipinski definition) is 5. The predicted molar refractivity (Wildman–Crippen MR) is 104 cm³/mol. The molecule has 8 heteroatoms. The number of benzene rings is 1. The lowest BCUT2D eigenvalue weighted by atomic mass is 10.2. The minimum atomic E-state index is -0.246. The topological polar surface area (TPSA) is 56.8 Å². The van der Waals surface area contributed by atoms with E-state index < -0.39 is 0 Å². The number of aromatic nitrogens is 1. The van der Waals surface area contributed by atoms with Crippen molar-refractivity contribution in [2.75, 3.05) is 46.8 Å². The van der Waals surface area contributed by atoms with Crippen LogP contribution in [0.1, 0.15) is 10.5 Å². The Balaban J connectivity index is 1.61. The number of likely N-dealkylation sites (N-methyl/N-ethyl adjacent to an activating group) is 2. The summed E-state index contributed by atoms with van der Waals surface area (Å²) < 4.78 is 0. The third-order valence-corrected chi connectivity index (χ3v) is 5.53. The summed E-state index contributed by atoms with van der Waals surface area (Å²) in [5.74, 6) is -0.272. The smallest absolute Gasteiger partial charge is 0.273 e. The van der Waals surface area contributed by atoms with Gasteiger partial charge < -0.3 is 14.7 Å². The van der Waals surface area contributed by atoms with E-state index in [-0.39, 0.29) is 18.4 Å². The quantitative estimate of drug-likeness (QED) is 0.801. The summed E-state index contributed by atoms with van der Waals surface area (Å²) in [6.45, 7) is 3.19. The number of amides is 2. The summed E-state index contributed by atoms with van der Waals surface area (Å²) in [7, 11) is 3.68. The molecule has 1 saturated heterocycles. The minimum absolute atomic E-state index is 0.0258. The molecule has 2 heterocycles. The van der Waals surface area contributed by atoms with Gasteiger partial charge >= 0.3 is 0 Å². The molecule has 1 aliphatic rings. The van der Waals surface area contributed by atoms with E-state index in [0.717, 1.165) is 23.7 Å². The van der Waals surface area contributed by atoms with Crippen LogP contribution in [0.25, 0.3) is 10.6 Å². The summed E-state index contributed by atoms with van der Waals surface area (Å²) >= 11 is 7.30. The van der Waals surface area contributed by atoms with Crippen LogP contribution in [0, 0.1) is 0 Å². The molecule has 0 bridgehead atoms. The first-order valence-corrected chi connectivity index (χ1v) is 9.63. The molecule has 3 rings (SSSR count). The number of hydrogen-bond donors (Lipinski definition) is 0. The van der Waals surface area contributed by atoms with Gasteiger partial charge in [0.2, 0.25) is 5.91 Å². The van der Waals surface area contributed by atoms with Gasteiger partial charge in [0, 0.05) is 49.2 Å². The van der Waals surface area contributed by atoms with Gasteiger partial charge in [0.05, 0.1) is 6.54 Å². The average molecular weight is 393 g/mol. The molecule has 1 aromatic carbocycles. The van der Waals surface area contributed by atoms with E-state index in [1.54, 1.807) is 24.6 Å². The zero-order valence-electron chi connectivity index (χ0n) is 14.8. The second-order valence-electron chi connectivity index (χ2n) is 6.39. The number of rotatable bonds is 4. The van der Waals surface area contributed by atoms with Gasteiger partial charge in [-0.25, -0.2) is 4.98 Å². The van der Waals surface area contributed by atoms with Crippen LogP contribution < -0.4 is 0 Å². The van der Waals surface area contributed by atoms with Gasteiger partial charge in [-0.2, -0.15) is 0 Å². The number of nitrogens with zero attached hydrogens (tertiary/aromatic N) is 4. The summed E-state index contributed by atoms with van der Waals surface area (Å²) in [4.78, 5) is 34.8. The van der Waals surface area contributed by atoms with E-state index in [1.807, 2.05) is 24.1 Å². The maximum atomic E-state index is 12.6. The van der Waals surface area contributed by atoms with Crippen LogP contribution in [0.2, 0.25) is 5.02 Å². The zero-order chi connectivity index (χ0) is 18.7. The fourth-order valence-electron chi connectivity index (χ4n) is 2.72. The van der Waals surface area contributed by atoms with Gasteiger partial charge in [-0.15, -0.1) is 11.3 Å². The molecule has 138 valence electrons. The van der Waals surface area contributed by atoms with Crippen molar-refractivity contribution in [2.24, 2.45) is 0 Å². The predicted octanol–water partition coefficient (Wildman–Crippen LogP) is 2.31. The first-order valence-electron chi connectivity index (χ1n) is 8.37. The Morgan fingerprint density at radius 3 is 2.50 bits per heavy atom. The van der Waals surface area contributed by atoms with Crippen LogP contribution in [-0.4, -0.2) is 78.3 Å². The van der Waals surface area contributed by atoms with Crippen molar-refractivity contribution >= 4 is 34.8 Å². The van der Waals surface area contributed by atoms with Crippen molar-refractivity contribution in [3.8, 4) is 10.6 Å². The van der Waals surface area contributed by atoms with Gasteiger partial charge in [0.15, 0.2) is 0 Å². The van der Waals surface area contributed by atoms with E-state index in [9.17, 15) is 9.59 Å². The van der Waals surface area contributed by atoms with Crippen molar-refractivity contribution in [1.29, 1.82) is 0 Å². The second kappa shape index (κ2) is 8.16. The maximum absolute atomic E-state index is 12.6. The summed E-state index contributed by atoms with van der Waals surface area (Å²) in [6, 6.07) is 7.33. The Bertz CT molecular complexity index is 785. The van der Waals surface area contributed by atoms with E-state index in [4.69, 9.17) is 11.6 Å². The maximum Gasteiger partial charge on any atom is 0.273 e. The van der Waals surface area contributed by atoms with Crippen molar-refractivity contribution in [3.63, 3.8) is 0 Å². The Labute approximate surface area is 162 Å². The molecule has 6 nitrogen and oxygen atoms in total. The molecule has 0 radical (unpaired) electrons. The summed E-state index contributed by atoms with van der Waals surface area (Å²) in [5.41, 5.74) is 1.27. The molecular weight excluding hydrogens is 372 g/mol. The molecule has 0 aliphatic carbocycles. The Hall–Kier alpha value is -1.96. The molecule has 26 heavy (non-hydrogen) atoms. The van der Waals surface area contributed by atoms with Crippen LogP contribution in [0.5, 0.6) is 0 Å². The highest BCUT2D eigenvalue weighted by atomic mass is 35.5. The van der Waals surface area contributed by atoms with Gasteiger partial charge in [0.25, 0.3) is 5.91 Å². The van der Waals surface area contributed by atoms with E-state index in [2.05, 4.69) is 9.88 Å².